The van der Waals surface area contributed by atoms with Crippen LogP contribution in [0.3, 0.4) is 0 Å². The number of ether oxygens (including phenoxy) is 1. The molecule has 2 amide bonds. The number of carbonyl (C=O) groups is 2. The lowest BCUT2D eigenvalue weighted by Crippen LogP contribution is -2.49. The van der Waals surface area contributed by atoms with E-state index >= 15 is 0 Å². The third kappa shape index (κ3) is 4.99. The minimum atomic E-state index is -0.164. The number of carbonyl (C=O) groups excluding carboxylic acids is 2. The molecule has 9 nitrogen and oxygen atoms in total. The maximum absolute atomic E-state index is 12.4. The molecular weight excluding hydrogens is 324 g/mol. The van der Waals surface area contributed by atoms with Gasteiger partial charge in [-0.05, 0) is 13.3 Å². The number of hydrogen-bond donors (Lipinski definition) is 2. The predicted molar refractivity (Wildman–Crippen MR) is 89.5 cm³/mol. The second-order valence-electron chi connectivity index (χ2n) is 6.58. The van der Waals surface area contributed by atoms with Crippen LogP contribution in [-0.4, -0.2) is 82.7 Å². The van der Waals surface area contributed by atoms with Crippen LogP contribution in [0.5, 0.6) is 0 Å². The van der Waals surface area contributed by atoms with E-state index in [1.165, 1.54) is 0 Å². The van der Waals surface area contributed by atoms with Gasteiger partial charge >= 0.3 is 0 Å². The van der Waals surface area contributed by atoms with Gasteiger partial charge in [0.1, 0.15) is 5.82 Å². The Morgan fingerprint density at radius 2 is 2.16 bits per heavy atom. The van der Waals surface area contributed by atoms with E-state index in [4.69, 9.17) is 4.74 Å². The lowest BCUT2D eigenvalue weighted by Gasteiger charge is -2.34. The molecule has 0 aromatic carbocycles. The standard InChI is InChI=1S/C16H26N6O3/c1-12-18-14(20-19-12)10-17-16(24)13-2-3-15(23)22(11-13)5-4-21-6-8-25-9-7-21/h13H,2-11H2,1H3,(H,17,24)(H,18,19,20). The molecule has 138 valence electrons. The molecule has 0 saturated carbocycles. The predicted octanol–water partition coefficient (Wildman–Crippen LogP) is -0.700. The number of aromatic amines is 1. The smallest absolute Gasteiger partial charge is 0.225 e. The van der Waals surface area contributed by atoms with E-state index in [-0.39, 0.29) is 17.7 Å². The van der Waals surface area contributed by atoms with Crippen molar-refractivity contribution in [2.45, 2.75) is 26.3 Å². The highest BCUT2D eigenvalue weighted by Gasteiger charge is 2.30. The van der Waals surface area contributed by atoms with Crippen molar-refractivity contribution < 1.29 is 14.3 Å². The van der Waals surface area contributed by atoms with Crippen molar-refractivity contribution >= 4 is 11.8 Å². The molecule has 1 aromatic rings. The van der Waals surface area contributed by atoms with Crippen LogP contribution in [0.4, 0.5) is 0 Å². The number of hydrogen-bond acceptors (Lipinski definition) is 6. The zero-order valence-corrected chi connectivity index (χ0v) is 14.7. The molecule has 0 bridgehead atoms. The monoisotopic (exact) mass is 350 g/mol. The van der Waals surface area contributed by atoms with E-state index in [1.54, 1.807) is 0 Å². The van der Waals surface area contributed by atoms with Crippen LogP contribution in [0.15, 0.2) is 0 Å². The molecule has 1 unspecified atom stereocenters. The van der Waals surface area contributed by atoms with E-state index in [0.29, 0.717) is 38.3 Å². The first-order chi connectivity index (χ1) is 12.1. The summed E-state index contributed by atoms with van der Waals surface area (Å²) in [5, 5.41) is 9.64. The number of nitrogens with one attached hydrogen (secondary N) is 2. The van der Waals surface area contributed by atoms with Crippen LogP contribution in [0.1, 0.15) is 24.5 Å². The van der Waals surface area contributed by atoms with Gasteiger partial charge < -0.3 is 15.0 Å². The van der Waals surface area contributed by atoms with Crippen LogP contribution >= 0.6 is 0 Å². The first-order valence-electron chi connectivity index (χ1n) is 8.85. The Labute approximate surface area is 147 Å². The van der Waals surface area contributed by atoms with Gasteiger partial charge in [0.25, 0.3) is 0 Å². The average Bonchev–Trinajstić information content (AvgIpc) is 3.05. The van der Waals surface area contributed by atoms with E-state index in [2.05, 4.69) is 25.4 Å². The zero-order chi connectivity index (χ0) is 17.6. The van der Waals surface area contributed by atoms with Crippen molar-refractivity contribution in [1.29, 1.82) is 0 Å². The van der Waals surface area contributed by atoms with Gasteiger partial charge in [0, 0.05) is 39.1 Å². The van der Waals surface area contributed by atoms with Gasteiger partial charge in [-0.2, -0.15) is 5.10 Å². The maximum atomic E-state index is 12.4. The number of rotatable bonds is 6. The molecule has 2 N–H and O–H groups in total. The minimum absolute atomic E-state index is 0.0358. The first kappa shape index (κ1) is 17.8. The van der Waals surface area contributed by atoms with Crippen LogP contribution in [0.2, 0.25) is 0 Å². The van der Waals surface area contributed by atoms with E-state index in [1.807, 2.05) is 11.8 Å². The molecular formula is C16H26N6O3. The maximum Gasteiger partial charge on any atom is 0.225 e. The molecule has 2 saturated heterocycles. The van der Waals surface area contributed by atoms with Gasteiger partial charge in [-0.3, -0.25) is 19.6 Å². The Morgan fingerprint density at radius 3 is 2.88 bits per heavy atom. The van der Waals surface area contributed by atoms with Crippen molar-refractivity contribution in [1.82, 2.24) is 30.3 Å². The molecule has 2 fully saturated rings. The van der Waals surface area contributed by atoms with Gasteiger partial charge in [-0.1, -0.05) is 0 Å². The lowest BCUT2D eigenvalue weighted by molar-refractivity contribution is -0.138. The molecule has 25 heavy (non-hydrogen) atoms. The Bertz CT molecular complexity index is 598. The third-order valence-corrected chi connectivity index (χ3v) is 4.73. The van der Waals surface area contributed by atoms with Crippen molar-refractivity contribution in [2.75, 3.05) is 45.9 Å². The average molecular weight is 350 g/mol. The number of piperidine rings is 1. The molecule has 9 heteroatoms. The van der Waals surface area contributed by atoms with Gasteiger partial charge in [0.15, 0.2) is 5.82 Å². The number of likely N-dealkylation sites (tertiary alicyclic amines) is 1. The summed E-state index contributed by atoms with van der Waals surface area (Å²) in [6.07, 6.45) is 1.03. The second-order valence-corrected chi connectivity index (χ2v) is 6.58. The van der Waals surface area contributed by atoms with Gasteiger partial charge in [-0.25, -0.2) is 4.98 Å². The minimum Gasteiger partial charge on any atom is -0.379 e. The number of nitrogens with zero attached hydrogens (tertiary/aromatic N) is 4. The van der Waals surface area contributed by atoms with Crippen LogP contribution < -0.4 is 5.32 Å². The normalized spacial score (nSPS) is 22.2. The van der Waals surface area contributed by atoms with E-state index in [0.717, 1.165) is 38.7 Å². The van der Waals surface area contributed by atoms with Crippen molar-refractivity contribution in [2.24, 2.45) is 5.92 Å². The molecule has 3 heterocycles. The number of morpholine rings is 1. The van der Waals surface area contributed by atoms with Crippen molar-refractivity contribution in [3.05, 3.63) is 11.6 Å². The third-order valence-electron chi connectivity index (χ3n) is 4.73. The number of aryl methyl sites for hydroxylation is 1. The number of amides is 2. The van der Waals surface area contributed by atoms with Crippen LogP contribution in [0.25, 0.3) is 0 Å². The molecule has 1 atom stereocenters. The molecule has 0 spiro atoms. The van der Waals surface area contributed by atoms with Crippen LogP contribution in [0, 0.1) is 12.8 Å². The molecule has 3 rings (SSSR count). The van der Waals surface area contributed by atoms with Gasteiger partial charge in [-0.15, -0.1) is 0 Å². The molecule has 1 aromatic heterocycles. The van der Waals surface area contributed by atoms with Crippen molar-refractivity contribution in [3.63, 3.8) is 0 Å². The highest BCUT2D eigenvalue weighted by Crippen LogP contribution is 2.18. The number of aromatic nitrogens is 3. The quantitative estimate of drug-likeness (QED) is 0.703. The largest absolute Gasteiger partial charge is 0.379 e. The van der Waals surface area contributed by atoms with Gasteiger partial charge in [0.05, 0.1) is 25.7 Å². The fourth-order valence-corrected chi connectivity index (χ4v) is 3.21. The summed E-state index contributed by atoms with van der Waals surface area (Å²) < 4.78 is 5.34. The summed E-state index contributed by atoms with van der Waals surface area (Å²) in [7, 11) is 0. The van der Waals surface area contributed by atoms with E-state index in [9.17, 15) is 9.59 Å². The molecule has 2 aliphatic heterocycles. The lowest BCUT2D eigenvalue weighted by atomic mass is 9.96. The molecule has 0 aliphatic carbocycles. The summed E-state index contributed by atoms with van der Waals surface area (Å²) in [4.78, 5) is 32.8. The summed E-state index contributed by atoms with van der Waals surface area (Å²) in [6.45, 7) is 7.42. The van der Waals surface area contributed by atoms with Gasteiger partial charge in [0.2, 0.25) is 11.8 Å². The number of H-pyrrole nitrogens is 1. The summed E-state index contributed by atoms with van der Waals surface area (Å²) in [6, 6.07) is 0. The first-order valence-corrected chi connectivity index (χ1v) is 8.85. The SMILES string of the molecule is Cc1nc(CNC(=O)C2CCC(=O)N(CCN3CCOCC3)C2)n[nH]1. The Balaban J connectivity index is 1.45. The zero-order valence-electron chi connectivity index (χ0n) is 14.7. The Kier molecular flexibility index (Phi) is 5.98. The van der Waals surface area contributed by atoms with Crippen molar-refractivity contribution in [3.8, 4) is 0 Å². The Hall–Kier alpha value is -2.00. The summed E-state index contributed by atoms with van der Waals surface area (Å²) in [5.74, 6) is 1.24. The molecule has 2 aliphatic rings. The summed E-state index contributed by atoms with van der Waals surface area (Å²) >= 11 is 0. The summed E-state index contributed by atoms with van der Waals surface area (Å²) in [5.41, 5.74) is 0. The van der Waals surface area contributed by atoms with Crippen LogP contribution in [-0.2, 0) is 20.9 Å². The fraction of sp³-hybridized carbons (Fsp3) is 0.750. The fourth-order valence-electron chi connectivity index (χ4n) is 3.21. The topological polar surface area (TPSA) is 103 Å². The highest BCUT2D eigenvalue weighted by atomic mass is 16.5. The highest BCUT2D eigenvalue weighted by molar-refractivity contribution is 5.83. The van der Waals surface area contributed by atoms with E-state index < -0.39 is 0 Å². The molecule has 0 radical (unpaired) electrons. The second kappa shape index (κ2) is 8.39. The Morgan fingerprint density at radius 1 is 1.36 bits per heavy atom.